The average Bonchev–Trinajstić information content (AvgIpc) is 3.41. The summed E-state index contributed by atoms with van der Waals surface area (Å²) in [6.45, 7) is 0. The first-order chi connectivity index (χ1) is 14.1. The number of fused-ring (bicyclic) bond motifs is 3. The number of anilines is 1. The first-order valence-electron chi connectivity index (χ1n) is 9.37. The Morgan fingerprint density at radius 3 is 2.83 bits per heavy atom. The molecule has 146 valence electrons. The number of carbonyl (C=O) groups excluding carboxylic acids is 2. The first kappa shape index (κ1) is 17.5. The van der Waals surface area contributed by atoms with Crippen molar-refractivity contribution in [1.82, 2.24) is 25.5 Å². The molecule has 2 aliphatic rings. The first-order valence-corrected chi connectivity index (χ1v) is 9.37. The summed E-state index contributed by atoms with van der Waals surface area (Å²) in [5.74, 6) is 0.0463. The molecule has 2 aromatic heterocycles. The fourth-order valence-corrected chi connectivity index (χ4v) is 3.81. The molecule has 3 heterocycles. The topological polar surface area (TPSA) is 114 Å². The summed E-state index contributed by atoms with van der Waals surface area (Å²) in [6.07, 6.45) is 4.40. The van der Waals surface area contributed by atoms with Gasteiger partial charge in [0.1, 0.15) is 6.04 Å². The van der Waals surface area contributed by atoms with Gasteiger partial charge in [-0.25, -0.2) is 4.98 Å². The van der Waals surface area contributed by atoms with Crippen molar-refractivity contribution in [3.63, 3.8) is 0 Å². The Morgan fingerprint density at radius 2 is 2.00 bits per heavy atom. The van der Waals surface area contributed by atoms with E-state index in [2.05, 4.69) is 25.5 Å². The molecule has 1 fully saturated rings. The molecule has 2 amide bonds. The van der Waals surface area contributed by atoms with Crippen molar-refractivity contribution in [2.45, 2.75) is 24.8 Å². The molecule has 0 saturated heterocycles. The van der Waals surface area contributed by atoms with Crippen LogP contribution in [0.5, 0.6) is 0 Å². The van der Waals surface area contributed by atoms with Gasteiger partial charge in [0.25, 0.3) is 5.91 Å². The smallest absolute Gasteiger partial charge is 0.309 e. The van der Waals surface area contributed by atoms with Crippen molar-refractivity contribution in [3.05, 3.63) is 65.8 Å². The fourth-order valence-electron chi connectivity index (χ4n) is 3.81. The van der Waals surface area contributed by atoms with E-state index in [1.807, 2.05) is 30.3 Å². The number of likely N-dealkylation sites (N-methyl/N-ethyl adjacent to an activating group) is 1. The lowest BCUT2D eigenvalue weighted by molar-refractivity contribution is -0.120. The van der Waals surface area contributed by atoms with E-state index in [9.17, 15) is 9.59 Å². The summed E-state index contributed by atoms with van der Waals surface area (Å²) >= 11 is 0. The van der Waals surface area contributed by atoms with Crippen LogP contribution in [-0.4, -0.2) is 45.1 Å². The molecule has 0 radical (unpaired) electrons. The van der Waals surface area contributed by atoms with Crippen LogP contribution >= 0.6 is 0 Å². The van der Waals surface area contributed by atoms with Gasteiger partial charge in [0.2, 0.25) is 5.89 Å². The molecule has 2 unspecified atom stereocenters. The quantitative estimate of drug-likeness (QED) is 0.715. The molecule has 9 heteroatoms. The normalized spacial score (nSPS) is 22.4. The molecule has 1 aliphatic heterocycles. The van der Waals surface area contributed by atoms with E-state index in [1.54, 1.807) is 19.4 Å². The number of hydrogen-bond acceptors (Lipinski definition) is 7. The predicted octanol–water partition coefficient (Wildman–Crippen LogP) is 1.33. The number of carbonyl (C=O) groups is 2. The van der Waals surface area contributed by atoms with Gasteiger partial charge in [-0.3, -0.25) is 19.5 Å². The molecule has 3 aromatic rings. The van der Waals surface area contributed by atoms with Gasteiger partial charge in [-0.05, 0) is 17.9 Å². The second kappa shape index (κ2) is 6.77. The molecule has 1 saturated carbocycles. The summed E-state index contributed by atoms with van der Waals surface area (Å²) in [5.41, 5.74) is 1.80. The summed E-state index contributed by atoms with van der Waals surface area (Å²) in [7, 11) is 1.64. The second-order valence-electron chi connectivity index (χ2n) is 7.28. The maximum Gasteiger partial charge on any atom is 0.309 e. The van der Waals surface area contributed by atoms with Crippen LogP contribution in [-0.2, 0) is 11.2 Å². The third-order valence-corrected chi connectivity index (χ3v) is 5.39. The monoisotopic (exact) mass is 390 g/mol. The Hall–Kier alpha value is -3.62. The van der Waals surface area contributed by atoms with E-state index < -0.39 is 11.9 Å². The molecule has 3 atom stereocenters. The van der Waals surface area contributed by atoms with Crippen LogP contribution in [0.1, 0.15) is 40.2 Å². The van der Waals surface area contributed by atoms with Crippen molar-refractivity contribution in [2.24, 2.45) is 5.92 Å². The molecule has 1 N–H and O–H groups in total. The average molecular weight is 390 g/mol. The molecule has 9 nitrogen and oxygen atoms in total. The lowest BCUT2D eigenvalue weighted by Crippen LogP contribution is -2.48. The number of nitrogens with zero attached hydrogens (tertiary/aromatic N) is 5. The third kappa shape index (κ3) is 3.14. The molecule has 1 aromatic carbocycles. The van der Waals surface area contributed by atoms with E-state index >= 15 is 0 Å². The minimum absolute atomic E-state index is 0.0152. The summed E-state index contributed by atoms with van der Waals surface area (Å²) in [5, 5.41) is 10.6. The molecular weight excluding hydrogens is 372 g/mol. The summed E-state index contributed by atoms with van der Waals surface area (Å²) in [4.78, 5) is 35.7. The SMILES string of the molecule is CN1C(=O)[C@@H](NC(=O)c2nnc(Cc3ccccc3)o2)C2CC2c2nccnc21. The molecule has 1 aliphatic carbocycles. The number of hydrogen-bond donors (Lipinski definition) is 1. The lowest BCUT2D eigenvalue weighted by atomic mass is 10.1. The van der Waals surface area contributed by atoms with Crippen LogP contribution in [0.4, 0.5) is 5.82 Å². The molecular formula is C20H18N6O3. The van der Waals surface area contributed by atoms with E-state index in [4.69, 9.17) is 4.42 Å². The van der Waals surface area contributed by atoms with Crippen molar-refractivity contribution in [1.29, 1.82) is 0 Å². The van der Waals surface area contributed by atoms with Gasteiger partial charge in [-0.15, -0.1) is 10.2 Å². The molecule has 5 rings (SSSR count). The molecule has 29 heavy (non-hydrogen) atoms. The predicted molar refractivity (Wildman–Crippen MR) is 101 cm³/mol. The zero-order valence-electron chi connectivity index (χ0n) is 15.6. The van der Waals surface area contributed by atoms with Gasteiger partial charge in [-0.2, -0.15) is 0 Å². The van der Waals surface area contributed by atoms with E-state index in [-0.39, 0.29) is 23.6 Å². The Morgan fingerprint density at radius 1 is 1.21 bits per heavy atom. The zero-order chi connectivity index (χ0) is 20.0. The van der Waals surface area contributed by atoms with Crippen LogP contribution < -0.4 is 10.2 Å². The van der Waals surface area contributed by atoms with Gasteiger partial charge in [-0.1, -0.05) is 30.3 Å². The van der Waals surface area contributed by atoms with Crippen LogP contribution in [0, 0.1) is 5.92 Å². The Balaban J connectivity index is 1.32. The number of aromatic nitrogens is 4. The van der Waals surface area contributed by atoms with E-state index in [0.717, 1.165) is 17.7 Å². The van der Waals surface area contributed by atoms with Gasteiger partial charge in [0.15, 0.2) is 5.82 Å². The third-order valence-electron chi connectivity index (χ3n) is 5.39. The Labute approximate surface area is 166 Å². The maximum atomic E-state index is 12.9. The second-order valence-corrected chi connectivity index (χ2v) is 7.28. The van der Waals surface area contributed by atoms with Crippen molar-refractivity contribution >= 4 is 17.6 Å². The maximum absolute atomic E-state index is 12.9. The van der Waals surface area contributed by atoms with Gasteiger partial charge < -0.3 is 9.73 Å². The van der Waals surface area contributed by atoms with Crippen LogP contribution in [0.15, 0.2) is 47.1 Å². The highest BCUT2D eigenvalue weighted by atomic mass is 16.4. The van der Waals surface area contributed by atoms with E-state index in [1.165, 1.54) is 4.90 Å². The Bertz CT molecular complexity index is 1080. The van der Waals surface area contributed by atoms with Crippen LogP contribution in [0.25, 0.3) is 0 Å². The number of benzene rings is 1. The lowest BCUT2D eigenvalue weighted by Gasteiger charge is -2.21. The highest BCUT2D eigenvalue weighted by Crippen LogP contribution is 2.53. The number of rotatable bonds is 4. The minimum Gasteiger partial charge on any atom is -0.417 e. The largest absolute Gasteiger partial charge is 0.417 e. The van der Waals surface area contributed by atoms with Crippen molar-refractivity contribution in [3.8, 4) is 0 Å². The Kier molecular flexibility index (Phi) is 4.08. The summed E-state index contributed by atoms with van der Waals surface area (Å²) in [6, 6.07) is 8.96. The zero-order valence-corrected chi connectivity index (χ0v) is 15.6. The molecule has 0 spiro atoms. The van der Waals surface area contributed by atoms with Crippen LogP contribution in [0.3, 0.4) is 0 Å². The van der Waals surface area contributed by atoms with Gasteiger partial charge >= 0.3 is 11.8 Å². The number of amides is 2. The number of nitrogens with one attached hydrogen (secondary N) is 1. The van der Waals surface area contributed by atoms with Crippen molar-refractivity contribution < 1.29 is 14.0 Å². The highest BCUT2D eigenvalue weighted by Gasteiger charge is 2.53. The standard InChI is InChI=1S/C20H18N6O3/c1-26-17-15(21-7-8-22-17)12-10-13(12)16(20(26)28)23-18(27)19-25-24-14(29-19)9-11-5-3-2-4-6-11/h2-8,12-13,16H,9-10H2,1H3,(H,23,27)/t12?,13?,16-/m0/s1. The summed E-state index contributed by atoms with van der Waals surface area (Å²) < 4.78 is 5.51. The van der Waals surface area contributed by atoms with Crippen LogP contribution in [0.2, 0.25) is 0 Å². The minimum atomic E-state index is -0.682. The fraction of sp³-hybridized carbons (Fsp3) is 0.300. The molecule has 0 bridgehead atoms. The van der Waals surface area contributed by atoms with Gasteiger partial charge in [0.05, 0.1) is 12.1 Å². The van der Waals surface area contributed by atoms with E-state index in [0.29, 0.717) is 18.1 Å². The highest BCUT2D eigenvalue weighted by molar-refractivity contribution is 6.02. The van der Waals surface area contributed by atoms with Gasteiger partial charge in [0, 0.05) is 25.4 Å². The van der Waals surface area contributed by atoms with Crippen molar-refractivity contribution in [2.75, 3.05) is 11.9 Å².